The summed E-state index contributed by atoms with van der Waals surface area (Å²) in [5, 5.41) is 10.9. The first-order valence-corrected chi connectivity index (χ1v) is 9.11. The number of carbonyl (C=O) groups excluding carboxylic acids is 1. The number of amides is 2. The van der Waals surface area contributed by atoms with Gasteiger partial charge in [0, 0.05) is 17.1 Å². The molecule has 4 rings (SSSR count). The first-order chi connectivity index (χ1) is 14.2. The first-order valence-electron chi connectivity index (χ1n) is 9.11. The molecule has 0 aliphatic heterocycles. The van der Waals surface area contributed by atoms with Gasteiger partial charge in [-0.25, -0.2) is 14.8 Å². The van der Waals surface area contributed by atoms with E-state index in [1.165, 1.54) is 6.33 Å². The average molecular weight is 388 g/mol. The van der Waals surface area contributed by atoms with Crippen LogP contribution in [0.4, 0.5) is 10.5 Å². The molecule has 0 aliphatic rings. The average Bonchev–Trinajstić information content (AvgIpc) is 3.26. The number of carbonyl (C=O) groups is 1. The van der Waals surface area contributed by atoms with E-state index in [0.29, 0.717) is 18.1 Å². The van der Waals surface area contributed by atoms with Crippen molar-refractivity contribution >= 4 is 22.6 Å². The lowest BCUT2D eigenvalue weighted by atomic mass is 10.1. The number of nitrogens with zero attached hydrogens (tertiary/aromatic N) is 4. The molecule has 1 atom stereocenters. The Kier molecular flexibility index (Phi) is 5.33. The predicted octanol–water partition coefficient (Wildman–Crippen LogP) is 3.40. The van der Waals surface area contributed by atoms with Crippen molar-refractivity contribution in [2.45, 2.75) is 12.6 Å². The molecule has 2 aromatic heterocycles. The smallest absolute Gasteiger partial charge is 0.319 e. The molecule has 0 saturated carbocycles. The summed E-state index contributed by atoms with van der Waals surface area (Å²) in [6.45, 7) is 0.471. The molecule has 2 amide bonds. The third kappa shape index (κ3) is 4.49. The van der Waals surface area contributed by atoms with Gasteiger partial charge in [-0.15, -0.1) is 0 Å². The van der Waals surface area contributed by atoms with Crippen molar-refractivity contribution in [2.75, 3.05) is 12.4 Å². The van der Waals surface area contributed by atoms with Crippen LogP contribution in [0.5, 0.6) is 5.88 Å². The molecule has 29 heavy (non-hydrogen) atoms. The molecular formula is C21H20N6O2. The van der Waals surface area contributed by atoms with Crippen LogP contribution < -0.4 is 15.4 Å². The van der Waals surface area contributed by atoms with Crippen LogP contribution in [0.1, 0.15) is 11.6 Å². The number of aromatic nitrogens is 4. The fourth-order valence-electron chi connectivity index (χ4n) is 3.06. The second-order valence-electron chi connectivity index (χ2n) is 6.44. The molecule has 2 aromatic carbocycles. The van der Waals surface area contributed by atoms with E-state index in [1.54, 1.807) is 24.2 Å². The molecule has 2 heterocycles. The van der Waals surface area contributed by atoms with Gasteiger partial charge in [-0.2, -0.15) is 5.10 Å². The Morgan fingerprint density at radius 2 is 2.00 bits per heavy atom. The van der Waals surface area contributed by atoms with Crippen molar-refractivity contribution < 1.29 is 9.53 Å². The van der Waals surface area contributed by atoms with E-state index in [-0.39, 0.29) is 12.1 Å². The van der Waals surface area contributed by atoms with E-state index in [1.807, 2.05) is 54.6 Å². The molecule has 0 spiro atoms. The van der Waals surface area contributed by atoms with Crippen LogP contribution in [0, 0.1) is 0 Å². The van der Waals surface area contributed by atoms with E-state index in [0.717, 1.165) is 16.5 Å². The largest absolute Gasteiger partial charge is 0.481 e. The van der Waals surface area contributed by atoms with Crippen molar-refractivity contribution in [3.8, 4) is 5.88 Å². The lowest BCUT2D eigenvalue weighted by Crippen LogP contribution is -2.35. The van der Waals surface area contributed by atoms with Crippen molar-refractivity contribution in [1.29, 1.82) is 0 Å². The summed E-state index contributed by atoms with van der Waals surface area (Å²) in [4.78, 5) is 21.0. The maximum absolute atomic E-state index is 12.7. The van der Waals surface area contributed by atoms with E-state index >= 15 is 0 Å². The van der Waals surface area contributed by atoms with Crippen LogP contribution >= 0.6 is 0 Å². The van der Waals surface area contributed by atoms with Gasteiger partial charge in [0.05, 0.1) is 25.2 Å². The number of hydrogen-bond donors (Lipinski definition) is 2. The Bertz CT molecular complexity index is 1100. The molecule has 0 radical (unpaired) electrons. The van der Waals surface area contributed by atoms with Crippen molar-refractivity contribution in [3.05, 3.63) is 78.9 Å². The molecule has 8 heteroatoms. The molecule has 4 aromatic rings. The second-order valence-corrected chi connectivity index (χ2v) is 6.44. The standard InChI is InChI=1S/C21H20N6O2/c1-29-20-10-7-16-11-17(8-9-18(16)25-20)24-21(28)26-19(12-27-14-22-13-23-27)15-5-3-2-4-6-15/h2-11,13-14,19H,12H2,1H3,(H2,24,26,28). The number of pyridine rings is 1. The molecule has 8 nitrogen and oxygen atoms in total. The van der Waals surface area contributed by atoms with E-state index in [4.69, 9.17) is 4.74 Å². The molecule has 1 unspecified atom stereocenters. The van der Waals surface area contributed by atoms with Gasteiger partial charge in [-0.3, -0.25) is 4.68 Å². The first kappa shape index (κ1) is 18.4. The van der Waals surface area contributed by atoms with Crippen LogP contribution in [0.3, 0.4) is 0 Å². The van der Waals surface area contributed by atoms with Gasteiger partial charge in [0.25, 0.3) is 0 Å². The summed E-state index contributed by atoms with van der Waals surface area (Å²) in [6.07, 6.45) is 3.10. The Morgan fingerprint density at radius 1 is 1.14 bits per heavy atom. The monoisotopic (exact) mass is 388 g/mol. The number of anilines is 1. The van der Waals surface area contributed by atoms with Gasteiger partial charge >= 0.3 is 6.03 Å². The zero-order valence-electron chi connectivity index (χ0n) is 15.8. The number of nitrogens with one attached hydrogen (secondary N) is 2. The van der Waals surface area contributed by atoms with Crippen LogP contribution in [-0.4, -0.2) is 32.9 Å². The normalized spacial score (nSPS) is 11.8. The van der Waals surface area contributed by atoms with E-state index < -0.39 is 0 Å². The molecule has 0 fully saturated rings. The summed E-state index contributed by atoms with van der Waals surface area (Å²) in [7, 11) is 1.58. The Hall–Kier alpha value is -3.94. The lowest BCUT2D eigenvalue weighted by molar-refractivity contribution is 0.246. The SMILES string of the molecule is COc1ccc2cc(NC(=O)NC(Cn3cncn3)c3ccccc3)ccc2n1. The van der Waals surface area contributed by atoms with E-state index in [9.17, 15) is 4.79 Å². The van der Waals surface area contributed by atoms with Gasteiger partial charge in [0.1, 0.15) is 12.7 Å². The number of hydrogen-bond acceptors (Lipinski definition) is 5. The number of rotatable bonds is 6. The van der Waals surface area contributed by atoms with Gasteiger partial charge in [-0.05, 0) is 29.8 Å². The molecule has 2 N–H and O–H groups in total. The molecular weight excluding hydrogens is 368 g/mol. The number of ether oxygens (including phenoxy) is 1. The Balaban J connectivity index is 1.49. The highest BCUT2D eigenvalue weighted by Crippen LogP contribution is 2.21. The summed E-state index contributed by atoms with van der Waals surface area (Å²) in [5.41, 5.74) is 2.45. The quantitative estimate of drug-likeness (QED) is 0.528. The van der Waals surface area contributed by atoms with Gasteiger partial charge < -0.3 is 15.4 Å². The van der Waals surface area contributed by atoms with Gasteiger partial charge in [-0.1, -0.05) is 30.3 Å². The zero-order chi connectivity index (χ0) is 20.1. The van der Waals surface area contributed by atoms with Crippen molar-refractivity contribution in [1.82, 2.24) is 25.1 Å². The predicted molar refractivity (Wildman–Crippen MR) is 110 cm³/mol. The second kappa shape index (κ2) is 8.39. The Morgan fingerprint density at radius 3 is 2.76 bits per heavy atom. The zero-order valence-corrected chi connectivity index (χ0v) is 15.8. The van der Waals surface area contributed by atoms with Crippen molar-refractivity contribution in [2.24, 2.45) is 0 Å². The van der Waals surface area contributed by atoms with Crippen LogP contribution in [0.15, 0.2) is 73.3 Å². The van der Waals surface area contributed by atoms with Crippen LogP contribution in [-0.2, 0) is 6.54 Å². The minimum absolute atomic E-state index is 0.260. The maximum atomic E-state index is 12.7. The fraction of sp³-hybridized carbons (Fsp3) is 0.143. The highest BCUT2D eigenvalue weighted by Gasteiger charge is 2.16. The van der Waals surface area contributed by atoms with Crippen LogP contribution in [0.25, 0.3) is 10.9 Å². The van der Waals surface area contributed by atoms with E-state index in [2.05, 4.69) is 25.7 Å². The summed E-state index contributed by atoms with van der Waals surface area (Å²) >= 11 is 0. The third-order valence-electron chi connectivity index (χ3n) is 4.47. The molecule has 146 valence electrons. The third-order valence-corrected chi connectivity index (χ3v) is 4.47. The topological polar surface area (TPSA) is 94.0 Å². The number of urea groups is 1. The summed E-state index contributed by atoms with van der Waals surface area (Å²) in [6, 6.07) is 18.4. The van der Waals surface area contributed by atoms with Crippen molar-refractivity contribution in [3.63, 3.8) is 0 Å². The summed E-state index contributed by atoms with van der Waals surface area (Å²) < 4.78 is 6.83. The van der Waals surface area contributed by atoms with Crippen LogP contribution in [0.2, 0.25) is 0 Å². The number of benzene rings is 2. The molecule has 0 bridgehead atoms. The minimum atomic E-state index is -0.306. The number of fused-ring (bicyclic) bond motifs is 1. The lowest BCUT2D eigenvalue weighted by Gasteiger charge is -2.19. The van der Waals surface area contributed by atoms with Gasteiger partial charge in [0.15, 0.2) is 0 Å². The Labute approximate surface area is 167 Å². The summed E-state index contributed by atoms with van der Waals surface area (Å²) in [5.74, 6) is 0.551. The number of methoxy groups -OCH3 is 1. The molecule has 0 aliphatic carbocycles. The highest BCUT2D eigenvalue weighted by molar-refractivity contribution is 5.92. The maximum Gasteiger partial charge on any atom is 0.319 e. The minimum Gasteiger partial charge on any atom is -0.481 e. The molecule has 0 saturated heterocycles. The fourth-order valence-corrected chi connectivity index (χ4v) is 3.06. The highest BCUT2D eigenvalue weighted by atomic mass is 16.5. The van der Waals surface area contributed by atoms with Gasteiger partial charge in [0.2, 0.25) is 5.88 Å².